The quantitative estimate of drug-likeness (QED) is 0.747. The van der Waals surface area contributed by atoms with Gasteiger partial charge in [-0.15, -0.1) is 0 Å². The number of ether oxygens (including phenoxy) is 2. The van der Waals surface area contributed by atoms with E-state index in [4.69, 9.17) is 9.47 Å². The molecule has 2 bridgehead atoms. The van der Waals surface area contributed by atoms with Gasteiger partial charge in [0.1, 0.15) is 5.76 Å². The van der Waals surface area contributed by atoms with Crippen molar-refractivity contribution >= 4 is 5.78 Å². The van der Waals surface area contributed by atoms with Crippen molar-refractivity contribution in [1.29, 1.82) is 0 Å². The van der Waals surface area contributed by atoms with Crippen molar-refractivity contribution in [3.63, 3.8) is 0 Å². The van der Waals surface area contributed by atoms with Crippen LogP contribution in [0, 0.1) is 11.3 Å². The lowest BCUT2D eigenvalue weighted by Gasteiger charge is -2.54. The van der Waals surface area contributed by atoms with E-state index in [0.717, 1.165) is 69.7 Å². The predicted molar refractivity (Wildman–Crippen MR) is 83.2 cm³/mol. The summed E-state index contributed by atoms with van der Waals surface area (Å²) in [6.45, 7) is 7.87. The predicted octanol–water partition coefficient (Wildman–Crippen LogP) is 2.88. The minimum atomic E-state index is -0.167. The Morgan fingerprint density at radius 1 is 1.18 bits per heavy atom. The van der Waals surface area contributed by atoms with Crippen LogP contribution >= 0.6 is 0 Å². The molecule has 4 heteroatoms. The largest absolute Gasteiger partial charge is 0.476 e. The van der Waals surface area contributed by atoms with Crippen molar-refractivity contribution in [2.24, 2.45) is 11.3 Å². The van der Waals surface area contributed by atoms with Crippen LogP contribution < -0.4 is 0 Å². The molecule has 2 heterocycles. The van der Waals surface area contributed by atoms with E-state index in [-0.39, 0.29) is 11.1 Å². The molecule has 2 aliphatic carbocycles. The summed E-state index contributed by atoms with van der Waals surface area (Å²) in [4.78, 5) is 15.1. The Balaban J connectivity index is 1.69. The van der Waals surface area contributed by atoms with E-state index < -0.39 is 0 Å². The lowest BCUT2D eigenvalue weighted by Crippen LogP contribution is -2.59. The molecule has 0 N–H and O–H groups in total. The van der Waals surface area contributed by atoms with Crippen molar-refractivity contribution in [1.82, 2.24) is 4.90 Å². The third-order valence-electron chi connectivity index (χ3n) is 5.87. The molecule has 22 heavy (non-hydrogen) atoms. The number of hydrogen-bond donors (Lipinski definition) is 0. The zero-order valence-electron chi connectivity index (χ0n) is 13.8. The normalized spacial score (nSPS) is 38.5. The maximum Gasteiger partial charge on any atom is 0.163 e. The van der Waals surface area contributed by atoms with Crippen molar-refractivity contribution in [3.05, 3.63) is 11.3 Å². The lowest BCUT2D eigenvalue weighted by atomic mass is 9.67. The minimum Gasteiger partial charge on any atom is -0.476 e. The van der Waals surface area contributed by atoms with Gasteiger partial charge in [0.15, 0.2) is 11.5 Å². The molecule has 0 spiro atoms. The smallest absolute Gasteiger partial charge is 0.163 e. The van der Waals surface area contributed by atoms with E-state index in [0.29, 0.717) is 18.1 Å². The second-order valence-corrected chi connectivity index (χ2v) is 8.22. The number of ketones is 1. The summed E-state index contributed by atoms with van der Waals surface area (Å²) in [5, 5.41) is 0. The molecule has 4 nitrogen and oxygen atoms in total. The van der Waals surface area contributed by atoms with Crippen LogP contribution in [-0.4, -0.2) is 42.7 Å². The zero-order valence-corrected chi connectivity index (χ0v) is 13.8. The van der Waals surface area contributed by atoms with E-state index in [1.54, 1.807) is 0 Å². The molecule has 2 aliphatic heterocycles. The van der Waals surface area contributed by atoms with Crippen LogP contribution in [0.3, 0.4) is 0 Å². The molecule has 1 saturated carbocycles. The second kappa shape index (κ2) is 5.07. The summed E-state index contributed by atoms with van der Waals surface area (Å²) in [5.74, 6) is 1.78. The highest BCUT2D eigenvalue weighted by molar-refractivity contribution is 5.97. The van der Waals surface area contributed by atoms with Crippen LogP contribution in [0.25, 0.3) is 0 Å². The molecule has 0 amide bonds. The van der Waals surface area contributed by atoms with E-state index in [1.165, 1.54) is 0 Å². The number of fused-ring (bicyclic) bond motifs is 3. The van der Waals surface area contributed by atoms with Gasteiger partial charge in [-0.2, -0.15) is 0 Å². The number of carbonyl (C=O) groups is 1. The molecule has 0 radical (unpaired) electrons. The maximum absolute atomic E-state index is 12.7. The number of carbonyl (C=O) groups excluding carboxylic acids is 1. The Hall–Kier alpha value is -0.870. The first-order chi connectivity index (χ1) is 10.5. The van der Waals surface area contributed by atoms with Gasteiger partial charge in [0, 0.05) is 44.3 Å². The summed E-state index contributed by atoms with van der Waals surface area (Å²) >= 11 is 0. The highest BCUT2D eigenvalue weighted by atomic mass is 16.5. The fourth-order valence-electron chi connectivity index (χ4n) is 4.93. The standard InChI is InChI=1S/C18H27NO3/c1-17(2)11-14(20)16-13-4-3-5-18(10-13,22-15(16)12-17)19-6-8-21-9-7-19/h13H,3-12H2,1-2H3/t13-,18+/m0/s1. The lowest BCUT2D eigenvalue weighted by molar-refractivity contribution is -0.194. The first kappa shape index (κ1) is 14.7. The van der Waals surface area contributed by atoms with Crippen LogP contribution in [0.4, 0.5) is 0 Å². The first-order valence-corrected chi connectivity index (χ1v) is 8.77. The number of Topliss-reactive ketones (excluding diaryl/α,β-unsaturated/α-hetero) is 1. The van der Waals surface area contributed by atoms with Gasteiger partial charge in [0.05, 0.1) is 13.2 Å². The number of hydrogen-bond acceptors (Lipinski definition) is 4. The van der Waals surface area contributed by atoms with E-state index in [9.17, 15) is 4.79 Å². The molecule has 4 aliphatic rings. The van der Waals surface area contributed by atoms with Crippen molar-refractivity contribution in [3.8, 4) is 0 Å². The molecule has 0 aromatic heterocycles. The third kappa shape index (κ3) is 2.31. The summed E-state index contributed by atoms with van der Waals surface area (Å²) in [5.41, 5.74) is 0.912. The van der Waals surface area contributed by atoms with Crippen molar-refractivity contribution in [2.45, 2.75) is 58.1 Å². The Kier molecular flexibility index (Phi) is 3.39. The molecular weight excluding hydrogens is 278 g/mol. The third-order valence-corrected chi connectivity index (χ3v) is 5.87. The molecule has 0 unspecified atom stereocenters. The van der Waals surface area contributed by atoms with Crippen molar-refractivity contribution in [2.75, 3.05) is 26.3 Å². The molecule has 2 atom stereocenters. The molecule has 0 aromatic carbocycles. The topological polar surface area (TPSA) is 38.8 Å². The van der Waals surface area contributed by atoms with Crippen molar-refractivity contribution < 1.29 is 14.3 Å². The Morgan fingerprint density at radius 3 is 2.73 bits per heavy atom. The van der Waals surface area contributed by atoms with Gasteiger partial charge in [-0.25, -0.2) is 0 Å². The average Bonchev–Trinajstić information content (AvgIpc) is 2.46. The second-order valence-electron chi connectivity index (χ2n) is 8.22. The SMILES string of the molecule is CC1(C)CC(=O)C2=C(C1)O[C@]1(N3CCOCC3)CCC[C@H]2C1. The van der Waals surface area contributed by atoms with Crippen LogP contribution in [0.1, 0.15) is 52.4 Å². The molecule has 1 saturated heterocycles. The van der Waals surface area contributed by atoms with Gasteiger partial charge < -0.3 is 9.47 Å². The highest BCUT2D eigenvalue weighted by Gasteiger charge is 2.52. The summed E-state index contributed by atoms with van der Waals surface area (Å²) in [6.07, 6.45) is 6.00. The van der Waals surface area contributed by atoms with E-state index in [1.807, 2.05) is 0 Å². The van der Waals surface area contributed by atoms with Crippen LogP contribution in [0.15, 0.2) is 11.3 Å². The summed E-state index contributed by atoms with van der Waals surface area (Å²) < 4.78 is 12.1. The average molecular weight is 305 g/mol. The van der Waals surface area contributed by atoms with Gasteiger partial charge in [-0.1, -0.05) is 13.8 Å². The van der Waals surface area contributed by atoms with Gasteiger partial charge in [-0.3, -0.25) is 9.69 Å². The number of rotatable bonds is 1. The Labute approximate surface area is 132 Å². The zero-order chi connectivity index (χ0) is 15.4. The summed E-state index contributed by atoms with van der Waals surface area (Å²) in [7, 11) is 0. The van der Waals surface area contributed by atoms with E-state index in [2.05, 4.69) is 18.7 Å². The van der Waals surface area contributed by atoms with Crippen LogP contribution in [-0.2, 0) is 14.3 Å². The molecule has 122 valence electrons. The fourth-order valence-corrected chi connectivity index (χ4v) is 4.93. The molecule has 0 aromatic rings. The van der Waals surface area contributed by atoms with Gasteiger partial charge >= 0.3 is 0 Å². The van der Waals surface area contributed by atoms with Gasteiger partial charge in [0.2, 0.25) is 0 Å². The Morgan fingerprint density at radius 2 is 1.95 bits per heavy atom. The van der Waals surface area contributed by atoms with Gasteiger partial charge in [-0.05, 0) is 24.2 Å². The number of morpholine rings is 1. The number of allylic oxidation sites excluding steroid dienone is 2. The van der Waals surface area contributed by atoms with Gasteiger partial charge in [0.25, 0.3) is 0 Å². The fraction of sp³-hybridized carbons (Fsp3) is 0.833. The first-order valence-electron chi connectivity index (χ1n) is 8.77. The highest BCUT2D eigenvalue weighted by Crippen LogP contribution is 2.52. The molecule has 2 fully saturated rings. The Bertz CT molecular complexity index is 518. The molecular formula is C18H27NO3. The van der Waals surface area contributed by atoms with Crippen LogP contribution in [0.2, 0.25) is 0 Å². The number of nitrogens with zero attached hydrogens (tertiary/aromatic N) is 1. The van der Waals surface area contributed by atoms with Crippen LogP contribution in [0.5, 0.6) is 0 Å². The molecule has 4 rings (SSSR count). The van der Waals surface area contributed by atoms with E-state index >= 15 is 0 Å². The minimum absolute atomic E-state index is 0.0355. The monoisotopic (exact) mass is 305 g/mol. The summed E-state index contributed by atoms with van der Waals surface area (Å²) in [6, 6.07) is 0. The maximum atomic E-state index is 12.7.